The highest BCUT2D eigenvalue weighted by molar-refractivity contribution is 5.96. The number of ether oxygens (including phenoxy) is 1. The molecule has 110 valence electrons. The van der Waals surface area contributed by atoms with E-state index in [1.165, 1.54) is 7.11 Å². The fraction of sp³-hybridized carbons (Fsp3) is 0.167. The minimum Gasteiger partial charge on any atom is -0.466 e. The number of methoxy groups -OCH3 is 1. The van der Waals surface area contributed by atoms with Gasteiger partial charge in [0, 0.05) is 0 Å². The first-order valence-corrected chi connectivity index (χ1v) is 5.98. The van der Waals surface area contributed by atoms with Crippen molar-refractivity contribution in [2.75, 3.05) is 12.4 Å². The van der Waals surface area contributed by atoms with Crippen molar-refractivity contribution in [3.8, 4) is 6.01 Å². The van der Waals surface area contributed by atoms with E-state index >= 15 is 0 Å². The van der Waals surface area contributed by atoms with Gasteiger partial charge in [0.15, 0.2) is 0 Å². The molecular formula is C12H14N6O3. The van der Waals surface area contributed by atoms with E-state index in [1.807, 2.05) is 0 Å². The number of primary amides is 1. The molecule has 1 aromatic carbocycles. The maximum absolute atomic E-state index is 12.2. The van der Waals surface area contributed by atoms with Crippen LogP contribution in [-0.4, -0.2) is 34.2 Å². The van der Waals surface area contributed by atoms with E-state index in [4.69, 9.17) is 10.5 Å². The molecule has 1 atom stereocenters. The van der Waals surface area contributed by atoms with Gasteiger partial charge in [-0.15, -0.1) is 5.10 Å². The molecule has 1 heterocycles. The molecule has 21 heavy (non-hydrogen) atoms. The number of amides is 3. The first-order chi connectivity index (χ1) is 10.1. The quantitative estimate of drug-likeness (QED) is 0.622. The van der Waals surface area contributed by atoms with Crippen LogP contribution >= 0.6 is 0 Å². The van der Waals surface area contributed by atoms with E-state index in [9.17, 15) is 9.59 Å². The number of hydrogen-bond donors (Lipinski definition) is 4. The normalized spacial score (nSPS) is 11.5. The minimum atomic E-state index is -0.945. The van der Waals surface area contributed by atoms with E-state index in [0.29, 0.717) is 5.56 Å². The molecule has 0 saturated heterocycles. The summed E-state index contributed by atoms with van der Waals surface area (Å²) in [5.41, 5.74) is 5.69. The summed E-state index contributed by atoms with van der Waals surface area (Å²) in [5, 5.41) is 11.0. The summed E-state index contributed by atoms with van der Waals surface area (Å²) < 4.78 is 4.79. The second kappa shape index (κ2) is 6.37. The fourth-order valence-electron chi connectivity index (χ4n) is 1.67. The molecule has 0 aliphatic heterocycles. The standard InChI is InChI=1S/C12H14N6O3/c1-21-12-16-11(17-18-12)15-9(19)8(14-10(13)20)7-5-3-2-4-6-7/h2-6,8H,1H3,(H3,13,14,20)(H2,15,16,17,18,19). The average Bonchev–Trinajstić information content (AvgIpc) is 2.93. The summed E-state index contributed by atoms with van der Waals surface area (Å²) in [5.74, 6) is -0.414. The summed E-state index contributed by atoms with van der Waals surface area (Å²) in [6.07, 6.45) is 0. The number of aromatic amines is 1. The van der Waals surface area contributed by atoms with Gasteiger partial charge in [-0.1, -0.05) is 30.3 Å². The zero-order valence-electron chi connectivity index (χ0n) is 11.2. The van der Waals surface area contributed by atoms with E-state index in [-0.39, 0.29) is 12.0 Å². The Hall–Kier alpha value is -3.10. The third-order valence-corrected chi connectivity index (χ3v) is 2.57. The Bertz CT molecular complexity index is 627. The SMILES string of the molecule is COc1n[nH]c(NC(=O)C(NC(N)=O)c2ccccc2)n1. The number of H-pyrrole nitrogens is 1. The summed E-state index contributed by atoms with van der Waals surface area (Å²) in [4.78, 5) is 27.2. The molecule has 1 aromatic heterocycles. The zero-order valence-corrected chi connectivity index (χ0v) is 11.2. The molecule has 0 bridgehead atoms. The lowest BCUT2D eigenvalue weighted by Crippen LogP contribution is -2.40. The van der Waals surface area contributed by atoms with Crippen molar-refractivity contribution < 1.29 is 14.3 Å². The molecule has 0 radical (unpaired) electrons. The number of aromatic nitrogens is 3. The highest BCUT2D eigenvalue weighted by atomic mass is 16.5. The van der Waals surface area contributed by atoms with Crippen molar-refractivity contribution in [1.29, 1.82) is 0 Å². The molecule has 1 unspecified atom stereocenters. The van der Waals surface area contributed by atoms with Crippen LogP contribution in [0.3, 0.4) is 0 Å². The van der Waals surface area contributed by atoms with E-state index in [0.717, 1.165) is 0 Å². The molecule has 0 aliphatic carbocycles. The van der Waals surface area contributed by atoms with Gasteiger partial charge in [-0.25, -0.2) is 9.89 Å². The number of nitrogens with one attached hydrogen (secondary N) is 3. The average molecular weight is 290 g/mol. The van der Waals surface area contributed by atoms with Crippen LogP contribution in [0.2, 0.25) is 0 Å². The number of nitrogens with two attached hydrogens (primary N) is 1. The lowest BCUT2D eigenvalue weighted by atomic mass is 10.1. The molecule has 0 saturated carbocycles. The Morgan fingerprint density at radius 1 is 1.33 bits per heavy atom. The van der Waals surface area contributed by atoms with Gasteiger partial charge in [-0.05, 0) is 5.56 Å². The lowest BCUT2D eigenvalue weighted by molar-refractivity contribution is -0.118. The predicted molar refractivity (Wildman–Crippen MR) is 73.5 cm³/mol. The van der Waals surface area contributed by atoms with Gasteiger partial charge in [-0.2, -0.15) is 4.98 Å². The maximum Gasteiger partial charge on any atom is 0.336 e. The number of benzene rings is 1. The van der Waals surface area contributed by atoms with E-state index in [1.54, 1.807) is 30.3 Å². The van der Waals surface area contributed by atoms with Gasteiger partial charge in [0.05, 0.1) is 7.11 Å². The fourth-order valence-corrected chi connectivity index (χ4v) is 1.67. The molecule has 0 aliphatic rings. The minimum absolute atomic E-state index is 0.0874. The van der Waals surface area contributed by atoms with Crippen LogP contribution < -0.4 is 21.1 Å². The largest absolute Gasteiger partial charge is 0.466 e. The van der Waals surface area contributed by atoms with Crippen molar-refractivity contribution in [1.82, 2.24) is 20.5 Å². The number of carbonyl (C=O) groups excluding carboxylic acids is 2. The van der Waals surface area contributed by atoms with Gasteiger partial charge in [0.1, 0.15) is 6.04 Å². The van der Waals surface area contributed by atoms with Crippen LogP contribution in [0.5, 0.6) is 6.01 Å². The highest BCUT2D eigenvalue weighted by Crippen LogP contribution is 2.15. The predicted octanol–water partition coefficient (Wildman–Crippen LogP) is 0.161. The second-order valence-electron chi connectivity index (χ2n) is 4.01. The van der Waals surface area contributed by atoms with Crippen molar-refractivity contribution >= 4 is 17.9 Å². The van der Waals surface area contributed by atoms with Gasteiger partial charge >= 0.3 is 12.0 Å². The summed E-state index contributed by atoms with van der Waals surface area (Å²) in [6, 6.07) is 7.01. The molecule has 9 heteroatoms. The van der Waals surface area contributed by atoms with Crippen molar-refractivity contribution in [2.45, 2.75) is 6.04 Å². The number of carbonyl (C=O) groups is 2. The van der Waals surface area contributed by atoms with Crippen LogP contribution in [0.4, 0.5) is 10.7 Å². The summed E-state index contributed by atoms with van der Waals surface area (Å²) in [6.45, 7) is 0. The number of anilines is 1. The molecular weight excluding hydrogens is 276 g/mol. The topological polar surface area (TPSA) is 135 Å². The first-order valence-electron chi connectivity index (χ1n) is 5.98. The second-order valence-corrected chi connectivity index (χ2v) is 4.01. The van der Waals surface area contributed by atoms with Crippen LogP contribution in [0.15, 0.2) is 30.3 Å². The van der Waals surface area contributed by atoms with Crippen LogP contribution in [0.1, 0.15) is 11.6 Å². The molecule has 0 fully saturated rings. The van der Waals surface area contributed by atoms with E-state index in [2.05, 4.69) is 25.8 Å². The summed E-state index contributed by atoms with van der Waals surface area (Å²) in [7, 11) is 1.40. The van der Waals surface area contributed by atoms with Crippen LogP contribution in [0, 0.1) is 0 Å². The highest BCUT2D eigenvalue weighted by Gasteiger charge is 2.22. The zero-order chi connectivity index (χ0) is 15.2. The van der Waals surface area contributed by atoms with Gasteiger partial charge in [0.2, 0.25) is 5.95 Å². The number of nitrogens with zero attached hydrogens (tertiary/aromatic N) is 2. The molecule has 9 nitrogen and oxygen atoms in total. The monoisotopic (exact) mass is 290 g/mol. The molecule has 0 spiro atoms. The molecule has 3 amide bonds. The third kappa shape index (κ3) is 3.69. The molecule has 2 rings (SSSR count). The molecule has 2 aromatic rings. The third-order valence-electron chi connectivity index (χ3n) is 2.57. The Balaban J connectivity index is 2.16. The Morgan fingerprint density at radius 2 is 2.05 bits per heavy atom. The Morgan fingerprint density at radius 3 is 2.62 bits per heavy atom. The van der Waals surface area contributed by atoms with Crippen LogP contribution in [0.25, 0.3) is 0 Å². The van der Waals surface area contributed by atoms with Crippen LogP contribution in [-0.2, 0) is 4.79 Å². The lowest BCUT2D eigenvalue weighted by Gasteiger charge is -2.16. The Kier molecular flexibility index (Phi) is 4.34. The number of rotatable bonds is 5. The van der Waals surface area contributed by atoms with Crippen molar-refractivity contribution in [3.05, 3.63) is 35.9 Å². The van der Waals surface area contributed by atoms with E-state index < -0.39 is 18.0 Å². The molecule has 5 N–H and O–H groups in total. The smallest absolute Gasteiger partial charge is 0.336 e. The Labute approximate surface area is 119 Å². The maximum atomic E-state index is 12.2. The van der Waals surface area contributed by atoms with Crippen molar-refractivity contribution in [3.63, 3.8) is 0 Å². The summed E-state index contributed by atoms with van der Waals surface area (Å²) >= 11 is 0. The number of urea groups is 1. The van der Waals surface area contributed by atoms with Gasteiger partial charge in [-0.3, -0.25) is 10.1 Å². The number of hydrogen-bond acceptors (Lipinski definition) is 5. The van der Waals surface area contributed by atoms with Crippen molar-refractivity contribution in [2.24, 2.45) is 5.73 Å². The van der Waals surface area contributed by atoms with Gasteiger partial charge < -0.3 is 15.8 Å². The van der Waals surface area contributed by atoms with Gasteiger partial charge in [0.25, 0.3) is 5.91 Å². The first kappa shape index (κ1) is 14.3.